The summed E-state index contributed by atoms with van der Waals surface area (Å²) in [6.45, 7) is 0.897. The van der Waals surface area contributed by atoms with Gasteiger partial charge in [-0.3, -0.25) is 4.90 Å². The van der Waals surface area contributed by atoms with E-state index < -0.39 is 17.1 Å². The number of alkyl halides is 4. The van der Waals surface area contributed by atoms with Gasteiger partial charge in [-0.2, -0.15) is 13.2 Å². The molecule has 0 aromatic carbocycles. The molecule has 0 spiro atoms. The number of piperidine rings is 1. The van der Waals surface area contributed by atoms with Crippen molar-refractivity contribution < 1.29 is 18.3 Å². The van der Waals surface area contributed by atoms with Gasteiger partial charge in [0.05, 0.1) is 6.10 Å². The first-order chi connectivity index (χ1) is 6.39. The molecule has 14 heavy (non-hydrogen) atoms. The average molecular weight is 276 g/mol. The molecule has 1 fully saturated rings. The molecule has 1 rings (SSSR count). The molecule has 0 aromatic heterocycles. The molecule has 0 aliphatic carbocycles. The monoisotopic (exact) mass is 275 g/mol. The van der Waals surface area contributed by atoms with Gasteiger partial charge in [0.25, 0.3) is 0 Å². The predicted octanol–water partition coefficient (Wildman–Crippen LogP) is 1.77. The van der Waals surface area contributed by atoms with Crippen molar-refractivity contribution in [2.24, 2.45) is 0 Å². The lowest BCUT2D eigenvalue weighted by molar-refractivity contribution is -0.132. The third kappa shape index (κ3) is 3.74. The van der Waals surface area contributed by atoms with Gasteiger partial charge in [0, 0.05) is 13.1 Å². The second-order valence-electron chi connectivity index (χ2n) is 3.56. The smallest absolute Gasteiger partial charge is 0.392 e. The quantitative estimate of drug-likeness (QED) is 0.777. The van der Waals surface area contributed by atoms with Crippen molar-refractivity contribution >= 4 is 15.9 Å². The van der Waals surface area contributed by atoms with Crippen molar-refractivity contribution in [3.63, 3.8) is 0 Å². The summed E-state index contributed by atoms with van der Waals surface area (Å²) in [4.78, 5) is 0.140. The summed E-state index contributed by atoms with van der Waals surface area (Å²) in [5.41, 5.74) is 0. The summed E-state index contributed by atoms with van der Waals surface area (Å²) in [6, 6.07) is 0. The van der Waals surface area contributed by atoms with E-state index >= 15 is 0 Å². The van der Waals surface area contributed by atoms with Crippen LogP contribution >= 0.6 is 15.9 Å². The second-order valence-corrected chi connectivity index (χ2v) is 4.67. The Morgan fingerprint density at radius 3 is 2.64 bits per heavy atom. The lowest BCUT2D eigenvalue weighted by atomic mass is 10.1. The number of rotatable bonds is 2. The minimum Gasteiger partial charge on any atom is -0.392 e. The van der Waals surface area contributed by atoms with E-state index in [0.29, 0.717) is 19.5 Å². The minimum atomic E-state index is -4.21. The third-order valence-corrected chi connectivity index (χ3v) is 3.06. The fourth-order valence-electron chi connectivity index (χ4n) is 1.53. The molecule has 1 heterocycles. The first-order valence-corrected chi connectivity index (χ1v) is 5.42. The second kappa shape index (κ2) is 4.81. The fraction of sp³-hybridized carbons (Fsp3) is 1.00. The van der Waals surface area contributed by atoms with Gasteiger partial charge >= 0.3 is 6.18 Å². The normalized spacial score (nSPS) is 27.6. The van der Waals surface area contributed by atoms with E-state index in [-0.39, 0.29) is 6.54 Å². The van der Waals surface area contributed by atoms with Crippen LogP contribution in [0.5, 0.6) is 0 Å². The maximum absolute atomic E-state index is 12.2. The molecule has 0 radical (unpaired) electrons. The Labute approximate surface area is 89.2 Å². The van der Waals surface area contributed by atoms with E-state index in [2.05, 4.69) is 15.9 Å². The summed E-state index contributed by atoms with van der Waals surface area (Å²) < 4.78 is 36.5. The molecule has 0 amide bonds. The van der Waals surface area contributed by atoms with Crippen LogP contribution in [-0.2, 0) is 0 Å². The van der Waals surface area contributed by atoms with Gasteiger partial charge < -0.3 is 5.11 Å². The number of nitrogens with zero attached hydrogens (tertiary/aromatic N) is 1. The van der Waals surface area contributed by atoms with Crippen LogP contribution in [0.2, 0.25) is 0 Å². The molecule has 2 nitrogen and oxygen atoms in total. The SMILES string of the molecule is OC1CCCN(CC(Br)C(F)(F)F)C1. The van der Waals surface area contributed by atoms with Gasteiger partial charge in [0.2, 0.25) is 0 Å². The molecule has 1 aliphatic rings. The molecule has 1 N–H and O–H groups in total. The van der Waals surface area contributed by atoms with Crippen LogP contribution in [0, 0.1) is 0 Å². The number of hydrogen-bond acceptors (Lipinski definition) is 2. The topological polar surface area (TPSA) is 23.5 Å². The fourth-order valence-corrected chi connectivity index (χ4v) is 1.94. The van der Waals surface area contributed by atoms with Gasteiger partial charge in [-0.05, 0) is 19.4 Å². The zero-order valence-electron chi connectivity index (χ0n) is 7.60. The molecule has 6 heteroatoms. The highest BCUT2D eigenvalue weighted by Crippen LogP contribution is 2.27. The molecule has 84 valence electrons. The maximum Gasteiger partial charge on any atom is 0.402 e. The number of likely N-dealkylation sites (tertiary alicyclic amines) is 1. The molecule has 0 saturated carbocycles. The van der Waals surface area contributed by atoms with Gasteiger partial charge in [-0.15, -0.1) is 0 Å². The maximum atomic E-state index is 12.2. The highest BCUT2D eigenvalue weighted by Gasteiger charge is 2.39. The Morgan fingerprint density at radius 1 is 1.50 bits per heavy atom. The Bertz CT molecular complexity index is 188. The Kier molecular flexibility index (Phi) is 4.21. The Balaban J connectivity index is 2.36. The van der Waals surface area contributed by atoms with Gasteiger partial charge in [-0.1, -0.05) is 15.9 Å². The molecule has 1 aliphatic heterocycles. The van der Waals surface area contributed by atoms with E-state index in [9.17, 15) is 18.3 Å². The summed E-state index contributed by atoms with van der Waals surface area (Å²) in [5.74, 6) is 0. The lowest BCUT2D eigenvalue weighted by Gasteiger charge is -2.31. The molecular weight excluding hydrogens is 263 g/mol. The standard InChI is InChI=1S/C8H13BrF3NO/c9-7(8(10,11)12)5-13-3-1-2-6(14)4-13/h6-7,14H,1-5H2. The van der Waals surface area contributed by atoms with Crippen molar-refractivity contribution in [2.75, 3.05) is 19.6 Å². The van der Waals surface area contributed by atoms with Crippen LogP contribution in [0.3, 0.4) is 0 Å². The molecule has 2 unspecified atom stereocenters. The Hall–Kier alpha value is 0.190. The summed E-state index contributed by atoms with van der Waals surface area (Å²) in [6.07, 6.45) is -3.23. The molecule has 2 atom stereocenters. The summed E-state index contributed by atoms with van der Waals surface area (Å²) in [7, 11) is 0. The lowest BCUT2D eigenvalue weighted by Crippen LogP contribution is -2.44. The van der Waals surface area contributed by atoms with E-state index in [1.54, 1.807) is 4.90 Å². The van der Waals surface area contributed by atoms with E-state index in [4.69, 9.17) is 0 Å². The third-order valence-electron chi connectivity index (χ3n) is 2.25. The first kappa shape index (κ1) is 12.3. The number of hydrogen-bond donors (Lipinski definition) is 1. The number of β-amino-alcohol motifs (C(OH)–C–C–N with tert-alkyl or cyclic N) is 1. The molecular formula is C8H13BrF3NO. The van der Waals surface area contributed by atoms with Crippen LogP contribution in [0.4, 0.5) is 13.2 Å². The van der Waals surface area contributed by atoms with Crippen molar-refractivity contribution in [1.82, 2.24) is 4.90 Å². The first-order valence-electron chi connectivity index (χ1n) is 4.51. The average Bonchev–Trinajstić information content (AvgIpc) is 2.02. The van der Waals surface area contributed by atoms with Gasteiger partial charge in [0.1, 0.15) is 4.83 Å². The number of aliphatic hydroxyl groups excluding tert-OH is 1. The van der Waals surface area contributed by atoms with E-state index in [1.807, 2.05) is 0 Å². The minimum absolute atomic E-state index is 0.0828. The summed E-state index contributed by atoms with van der Waals surface area (Å²) >= 11 is 2.61. The molecule has 0 bridgehead atoms. The molecule has 0 aromatic rings. The predicted molar refractivity (Wildman–Crippen MR) is 50.5 cm³/mol. The largest absolute Gasteiger partial charge is 0.402 e. The van der Waals surface area contributed by atoms with Gasteiger partial charge in [-0.25, -0.2) is 0 Å². The van der Waals surface area contributed by atoms with Crippen LogP contribution < -0.4 is 0 Å². The highest BCUT2D eigenvalue weighted by molar-refractivity contribution is 9.09. The highest BCUT2D eigenvalue weighted by atomic mass is 79.9. The number of halogens is 4. The van der Waals surface area contributed by atoms with Crippen molar-refractivity contribution in [1.29, 1.82) is 0 Å². The van der Waals surface area contributed by atoms with Crippen LogP contribution in [0.15, 0.2) is 0 Å². The van der Waals surface area contributed by atoms with Gasteiger partial charge in [0.15, 0.2) is 0 Å². The molecule has 1 saturated heterocycles. The zero-order valence-corrected chi connectivity index (χ0v) is 9.18. The van der Waals surface area contributed by atoms with Crippen molar-refractivity contribution in [3.8, 4) is 0 Å². The number of aliphatic hydroxyl groups is 1. The van der Waals surface area contributed by atoms with Crippen LogP contribution in [-0.4, -0.2) is 46.7 Å². The van der Waals surface area contributed by atoms with E-state index in [1.165, 1.54) is 0 Å². The zero-order chi connectivity index (χ0) is 10.8. The van der Waals surface area contributed by atoms with Crippen molar-refractivity contribution in [2.45, 2.75) is 29.9 Å². The Morgan fingerprint density at radius 2 is 2.14 bits per heavy atom. The van der Waals surface area contributed by atoms with Crippen molar-refractivity contribution in [3.05, 3.63) is 0 Å². The van der Waals surface area contributed by atoms with Crippen LogP contribution in [0.25, 0.3) is 0 Å². The summed E-state index contributed by atoms with van der Waals surface area (Å²) in [5, 5.41) is 9.26. The van der Waals surface area contributed by atoms with E-state index in [0.717, 1.165) is 6.42 Å². The van der Waals surface area contributed by atoms with Crippen LogP contribution in [0.1, 0.15) is 12.8 Å².